The van der Waals surface area contributed by atoms with E-state index < -0.39 is 0 Å². The van der Waals surface area contributed by atoms with Gasteiger partial charge < -0.3 is 14.1 Å². The average molecular weight is 362 g/mol. The maximum Gasteiger partial charge on any atom is 0.231 e. The molecule has 0 aliphatic carbocycles. The Morgan fingerprint density at radius 1 is 1.22 bits per heavy atom. The minimum absolute atomic E-state index is 0.565. The minimum Gasteiger partial charge on any atom is -0.476 e. The van der Waals surface area contributed by atoms with Gasteiger partial charge in [-0.2, -0.15) is 0 Å². The molecular formula is C21H22N4O2. The molecule has 6 nitrogen and oxygen atoms in total. The number of para-hydroxylation sites is 1. The molecule has 6 heteroatoms. The number of aromatic nitrogens is 3. The Bertz CT molecular complexity index is 1050. The molecule has 1 atom stereocenters. The maximum atomic E-state index is 5.96. The lowest BCUT2D eigenvalue weighted by Crippen LogP contribution is -2.34. The van der Waals surface area contributed by atoms with E-state index in [4.69, 9.17) is 9.15 Å². The van der Waals surface area contributed by atoms with E-state index in [1.165, 1.54) is 19.4 Å². The van der Waals surface area contributed by atoms with Crippen molar-refractivity contribution in [3.63, 3.8) is 0 Å². The second kappa shape index (κ2) is 6.70. The monoisotopic (exact) mass is 362 g/mol. The van der Waals surface area contributed by atoms with Crippen LogP contribution in [0.2, 0.25) is 0 Å². The van der Waals surface area contributed by atoms with Crippen molar-refractivity contribution >= 4 is 16.6 Å². The molecule has 1 aliphatic heterocycles. The van der Waals surface area contributed by atoms with Crippen LogP contribution in [0.4, 0.5) is 0 Å². The van der Waals surface area contributed by atoms with Crippen LogP contribution >= 0.6 is 0 Å². The Hall–Kier alpha value is -2.86. The van der Waals surface area contributed by atoms with Gasteiger partial charge in [-0.3, -0.25) is 0 Å². The molecule has 1 saturated heterocycles. The Balaban J connectivity index is 1.36. The summed E-state index contributed by atoms with van der Waals surface area (Å²) in [6.45, 7) is 2.97. The summed E-state index contributed by atoms with van der Waals surface area (Å²) in [4.78, 5) is 6.99. The SMILES string of the molecule is CN1CCCC(COc2ccc3nc(-c4cc5ccccc5o4)cn3n2)C1. The molecule has 0 radical (unpaired) electrons. The van der Waals surface area contributed by atoms with Crippen LogP contribution in [0.25, 0.3) is 28.1 Å². The molecule has 4 aromatic rings. The van der Waals surface area contributed by atoms with E-state index in [2.05, 4.69) is 22.0 Å². The maximum absolute atomic E-state index is 5.96. The minimum atomic E-state index is 0.565. The molecule has 5 rings (SSSR count). The molecule has 0 amide bonds. The molecule has 3 aromatic heterocycles. The lowest BCUT2D eigenvalue weighted by Gasteiger charge is -2.29. The number of furan rings is 1. The largest absolute Gasteiger partial charge is 0.476 e. The molecule has 1 aromatic carbocycles. The summed E-state index contributed by atoms with van der Waals surface area (Å²) in [5.74, 6) is 1.94. The predicted molar refractivity (Wildman–Crippen MR) is 104 cm³/mol. The van der Waals surface area contributed by atoms with Crippen LogP contribution in [0, 0.1) is 5.92 Å². The van der Waals surface area contributed by atoms with Gasteiger partial charge in [-0.15, -0.1) is 5.10 Å². The van der Waals surface area contributed by atoms with E-state index in [0.717, 1.165) is 34.6 Å². The van der Waals surface area contributed by atoms with Gasteiger partial charge in [-0.05, 0) is 44.6 Å². The highest BCUT2D eigenvalue weighted by molar-refractivity contribution is 5.82. The van der Waals surface area contributed by atoms with Crippen LogP contribution in [-0.2, 0) is 0 Å². The Labute approximate surface area is 157 Å². The fourth-order valence-electron chi connectivity index (χ4n) is 3.78. The van der Waals surface area contributed by atoms with Crippen molar-refractivity contribution in [2.24, 2.45) is 5.92 Å². The molecule has 0 bridgehead atoms. The molecule has 1 aliphatic rings. The van der Waals surface area contributed by atoms with Crippen LogP contribution in [0.1, 0.15) is 12.8 Å². The second-order valence-corrected chi connectivity index (χ2v) is 7.33. The van der Waals surface area contributed by atoms with Crippen LogP contribution in [-0.4, -0.2) is 46.2 Å². The summed E-state index contributed by atoms with van der Waals surface area (Å²) < 4.78 is 13.6. The summed E-state index contributed by atoms with van der Waals surface area (Å²) in [5.41, 5.74) is 2.40. The Morgan fingerprint density at radius 3 is 3.04 bits per heavy atom. The molecule has 138 valence electrons. The lowest BCUT2D eigenvalue weighted by molar-refractivity contribution is 0.146. The van der Waals surface area contributed by atoms with Gasteiger partial charge in [0.1, 0.15) is 11.3 Å². The fourth-order valence-corrected chi connectivity index (χ4v) is 3.78. The molecule has 1 fully saturated rings. The first kappa shape index (κ1) is 16.3. The molecule has 4 heterocycles. The highest BCUT2D eigenvalue weighted by Crippen LogP contribution is 2.27. The third-order valence-corrected chi connectivity index (χ3v) is 5.16. The summed E-state index contributed by atoms with van der Waals surface area (Å²) in [7, 11) is 2.17. The zero-order valence-electron chi connectivity index (χ0n) is 15.3. The van der Waals surface area contributed by atoms with Crippen LogP contribution in [0.5, 0.6) is 5.88 Å². The predicted octanol–water partition coefficient (Wildman–Crippen LogP) is 3.86. The van der Waals surface area contributed by atoms with Crippen molar-refractivity contribution in [1.82, 2.24) is 19.5 Å². The van der Waals surface area contributed by atoms with Crippen LogP contribution in [0.3, 0.4) is 0 Å². The second-order valence-electron chi connectivity index (χ2n) is 7.33. The molecule has 27 heavy (non-hydrogen) atoms. The summed E-state index contributed by atoms with van der Waals surface area (Å²) in [5, 5.41) is 5.62. The quantitative estimate of drug-likeness (QED) is 0.552. The zero-order valence-corrected chi connectivity index (χ0v) is 15.3. The molecule has 1 unspecified atom stereocenters. The number of ether oxygens (including phenoxy) is 1. The Morgan fingerprint density at radius 2 is 2.15 bits per heavy atom. The Kier molecular flexibility index (Phi) is 4.05. The van der Waals surface area contributed by atoms with E-state index in [1.54, 1.807) is 4.52 Å². The molecular weight excluding hydrogens is 340 g/mol. The number of rotatable bonds is 4. The first-order valence-electron chi connectivity index (χ1n) is 9.41. The molecule has 0 N–H and O–H groups in total. The number of hydrogen-bond donors (Lipinski definition) is 0. The van der Waals surface area contributed by atoms with Gasteiger partial charge in [0.05, 0.1) is 12.8 Å². The van der Waals surface area contributed by atoms with E-state index in [1.807, 2.05) is 48.7 Å². The smallest absolute Gasteiger partial charge is 0.231 e. The van der Waals surface area contributed by atoms with Crippen LogP contribution in [0.15, 0.2) is 53.1 Å². The highest BCUT2D eigenvalue weighted by atomic mass is 16.5. The van der Waals surface area contributed by atoms with Crippen molar-refractivity contribution in [2.75, 3.05) is 26.7 Å². The van der Waals surface area contributed by atoms with Gasteiger partial charge in [0, 0.05) is 23.9 Å². The van der Waals surface area contributed by atoms with Crippen molar-refractivity contribution in [3.8, 4) is 17.3 Å². The summed E-state index contributed by atoms with van der Waals surface area (Å²) >= 11 is 0. The number of imidazole rings is 1. The van der Waals surface area contributed by atoms with Crippen molar-refractivity contribution in [3.05, 3.63) is 48.7 Å². The number of benzene rings is 1. The first-order chi connectivity index (χ1) is 13.2. The average Bonchev–Trinajstić information content (AvgIpc) is 3.29. The lowest BCUT2D eigenvalue weighted by atomic mass is 10.00. The molecule has 0 spiro atoms. The van der Waals surface area contributed by atoms with Gasteiger partial charge in [0.25, 0.3) is 0 Å². The van der Waals surface area contributed by atoms with E-state index in [9.17, 15) is 0 Å². The number of fused-ring (bicyclic) bond motifs is 2. The van der Waals surface area contributed by atoms with Gasteiger partial charge in [0.15, 0.2) is 11.4 Å². The van der Waals surface area contributed by atoms with E-state index in [-0.39, 0.29) is 0 Å². The normalized spacial score (nSPS) is 18.3. The van der Waals surface area contributed by atoms with Crippen molar-refractivity contribution in [2.45, 2.75) is 12.8 Å². The number of nitrogens with zero attached hydrogens (tertiary/aromatic N) is 4. The zero-order chi connectivity index (χ0) is 18.2. The highest BCUT2D eigenvalue weighted by Gasteiger charge is 2.18. The van der Waals surface area contributed by atoms with Gasteiger partial charge in [-0.1, -0.05) is 18.2 Å². The third kappa shape index (κ3) is 3.28. The standard InChI is InChI=1S/C21H22N4O2/c1-24-10-4-5-15(12-24)14-26-21-9-8-20-22-17(13-25(20)23-21)19-11-16-6-2-3-7-18(16)27-19/h2-3,6-9,11,13,15H,4-5,10,12,14H2,1H3. The van der Waals surface area contributed by atoms with Gasteiger partial charge in [-0.25, -0.2) is 9.50 Å². The number of piperidine rings is 1. The number of hydrogen-bond acceptors (Lipinski definition) is 5. The van der Waals surface area contributed by atoms with Crippen molar-refractivity contribution < 1.29 is 9.15 Å². The first-order valence-corrected chi connectivity index (χ1v) is 9.41. The molecule has 0 saturated carbocycles. The van der Waals surface area contributed by atoms with E-state index >= 15 is 0 Å². The fraction of sp³-hybridized carbons (Fsp3) is 0.333. The van der Waals surface area contributed by atoms with Crippen LogP contribution < -0.4 is 4.74 Å². The van der Waals surface area contributed by atoms with Gasteiger partial charge in [0.2, 0.25) is 5.88 Å². The topological polar surface area (TPSA) is 55.8 Å². The summed E-state index contributed by atoms with van der Waals surface area (Å²) in [6.07, 6.45) is 4.33. The van der Waals surface area contributed by atoms with E-state index in [0.29, 0.717) is 18.4 Å². The third-order valence-electron chi connectivity index (χ3n) is 5.16. The van der Waals surface area contributed by atoms with Crippen molar-refractivity contribution in [1.29, 1.82) is 0 Å². The van der Waals surface area contributed by atoms with Gasteiger partial charge >= 0.3 is 0 Å². The number of likely N-dealkylation sites (tertiary alicyclic amines) is 1. The summed E-state index contributed by atoms with van der Waals surface area (Å²) in [6, 6.07) is 13.8.